The number of furan rings is 2. The number of para-hydroxylation sites is 4. The first-order chi connectivity index (χ1) is 28.7. The van der Waals surface area contributed by atoms with Gasteiger partial charge in [-0.05, 0) is 121 Å². The van der Waals surface area contributed by atoms with Crippen LogP contribution in [0.1, 0.15) is 0 Å². The molecule has 12 rings (SSSR count). The Balaban J connectivity index is 0.916. The third-order valence-electron chi connectivity index (χ3n) is 12.5. The van der Waals surface area contributed by atoms with Gasteiger partial charge >= 0.3 is 0 Å². The minimum atomic E-state index is -2.43. The fourth-order valence-corrected chi connectivity index (χ4v) is 17.7. The molecule has 8 aromatic carbocycles. The highest BCUT2D eigenvalue weighted by atomic mass is 28.4. The Morgan fingerprint density at radius 3 is 1.00 bits per heavy atom. The van der Waals surface area contributed by atoms with Gasteiger partial charge in [-0.1, -0.05) is 84.9 Å². The largest absolute Gasteiger partial charge is 0.456 e. The zero-order valence-corrected chi connectivity index (χ0v) is 35.3. The molecule has 59 heavy (non-hydrogen) atoms. The second-order valence-corrected chi connectivity index (χ2v) is 24.9. The average Bonchev–Trinajstić information content (AvgIpc) is 4.00. The molecule has 4 aromatic heterocycles. The lowest BCUT2D eigenvalue weighted by molar-refractivity contribution is 0.573. The zero-order chi connectivity index (χ0) is 39.6. The third kappa shape index (κ3) is 5.18. The standard InChI is InChI=1S/C52H40N2O3Si2/c1-58(2,35-23-27-51-43(31-35)41-29-33(21-25-49(41)55-51)53-45-17-9-5-13-37(45)38-14-6-10-18-46(38)53)57-59(3,4)36-24-28-52-44(32-36)42-30-34(22-26-50(42)56-52)54-47-19-11-7-15-39(47)40-16-8-12-20-48(40)54/h5-32H,1-4H3. The fraction of sp³-hybridized carbons (Fsp3) is 0.0769. The van der Waals surface area contributed by atoms with Crippen molar-refractivity contribution in [3.8, 4) is 11.4 Å². The number of hydrogen-bond acceptors (Lipinski definition) is 3. The summed E-state index contributed by atoms with van der Waals surface area (Å²) < 4.78 is 25.1. The molecule has 0 N–H and O–H groups in total. The molecule has 0 aliphatic rings. The number of fused-ring (bicyclic) bond motifs is 12. The van der Waals surface area contributed by atoms with Crippen molar-refractivity contribution in [3.63, 3.8) is 0 Å². The third-order valence-corrected chi connectivity index (χ3v) is 20.0. The molecule has 0 amide bonds. The minimum absolute atomic E-state index is 0.888. The van der Waals surface area contributed by atoms with Gasteiger partial charge in [-0.15, -0.1) is 0 Å². The molecule has 0 radical (unpaired) electrons. The molecular weight excluding hydrogens is 757 g/mol. The van der Waals surface area contributed by atoms with Crippen molar-refractivity contribution in [2.24, 2.45) is 0 Å². The van der Waals surface area contributed by atoms with Crippen LogP contribution >= 0.6 is 0 Å². The van der Waals surface area contributed by atoms with E-state index in [1.165, 1.54) is 54.0 Å². The molecule has 0 spiro atoms. The molecule has 5 nitrogen and oxygen atoms in total. The van der Waals surface area contributed by atoms with Gasteiger partial charge < -0.3 is 22.1 Å². The number of hydrogen-bond donors (Lipinski definition) is 0. The summed E-state index contributed by atoms with van der Waals surface area (Å²) >= 11 is 0. The average molecular weight is 797 g/mol. The second-order valence-electron chi connectivity index (χ2n) is 16.8. The van der Waals surface area contributed by atoms with Crippen LogP contribution < -0.4 is 10.4 Å². The van der Waals surface area contributed by atoms with Gasteiger partial charge in [0.2, 0.25) is 16.6 Å². The maximum atomic E-state index is 7.44. The lowest BCUT2D eigenvalue weighted by Gasteiger charge is -2.34. The minimum Gasteiger partial charge on any atom is -0.456 e. The first-order valence-electron chi connectivity index (χ1n) is 20.3. The van der Waals surface area contributed by atoms with Gasteiger partial charge in [0.15, 0.2) is 0 Å². The van der Waals surface area contributed by atoms with Crippen molar-refractivity contribution in [2.75, 3.05) is 0 Å². The summed E-state index contributed by atoms with van der Waals surface area (Å²) in [6.45, 7) is 9.33. The van der Waals surface area contributed by atoms with Crippen LogP contribution in [-0.2, 0) is 4.12 Å². The topological polar surface area (TPSA) is 45.4 Å². The predicted molar refractivity (Wildman–Crippen MR) is 251 cm³/mol. The van der Waals surface area contributed by atoms with E-state index in [0.717, 1.165) is 55.3 Å². The van der Waals surface area contributed by atoms with Crippen LogP contribution in [0.2, 0.25) is 26.2 Å². The Labute approximate surface area is 342 Å². The molecule has 0 saturated carbocycles. The number of aromatic nitrogens is 2. The maximum Gasteiger partial charge on any atom is 0.206 e. The highest BCUT2D eigenvalue weighted by Crippen LogP contribution is 2.38. The Kier molecular flexibility index (Phi) is 7.25. The van der Waals surface area contributed by atoms with Crippen molar-refractivity contribution < 1.29 is 12.9 Å². The Morgan fingerprint density at radius 2 is 0.644 bits per heavy atom. The zero-order valence-electron chi connectivity index (χ0n) is 33.3. The van der Waals surface area contributed by atoms with Gasteiger partial charge in [0.05, 0.1) is 22.1 Å². The van der Waals surface area contributed by atoms with Crippen LogP contribution in [0.15, 0.2) is 179 Å². The number of benzene rings is 8. The summed E-state index contributed by atoms with van der Waals surface area (Å²) in [6.07, 6.45) is 0. The molecule has 0 aliphatic heterocycles. The van der Waals surface area contributed by atoms with E-state index in [1.807, 2.05) is 0 Å². The molecule has 0 atom stereocenters. The molecule has 7 heteroatoms. The molecule has 0 saturated heterocycles. The maximum absolute atomic E-state index is 7.44. The summed E-state index contributed by atoms with van der Waals surface area (Å²) in [5, 5.41) is 12.0. The van der Waals surface area contributed by atoms with Crippen LogP contribution in [0, 0.1) is 0 Å². The lowest BCUT2D eigenvalue weighted by atomic mass is 10.1. The molecule has 0 unspecified atom stereocenters. The summed E-state index contributed by atoms with van der Waals surface area (Å²) in [7, 11) is -4.86. The van der Waals surface area contributed by atoms with Gasteiger partial charge in [-0.3, -0.25) is 0 Å². The fourth-order valence-electron chi connectivity index (χ4n) is 9.72. The lowest BCUT2D eigenvalue weighted by Crippen LogP contribution is -2.57. The molecular formula is C52H40N2O3Si2. The van der Waals surface area contributed by atoms with Gasteiger partial charge in [0.25, 0.3) is 0 Å². The first kappa shape index (κ1) is 34.4. The summed E-state index contributed by atoms with van der Waals surface area (Å²) in [5.41, 5.74) is 10.6. The quantitative estimate of drug-likeness (QED) is 0.157. The van der Waals surface area contributed by atoms with Crippen molar-refractivity contribution >= 4 is 114 Å². The van der Waals surface area contributed by atoms with Gasteiger partial charge in [-0.25, -0.2) is 0 Å². The summed E-state index contributed by atoms with van der Waals surface area (Å²) in [6, 6.07) is 61.1. The predicted octanol–water partition coefficient (Wildman–Crippen LogP) is 13.2. The Bertz CT molecular complexity index is 3330. The van der Waals surface area contributed by atoms with Crippen LogP contribution in [0.3, 0.4) is 0 Å². The molecule has 0 aliphatic carbocycles. The van der Waals surface area contributed by atoms with E-state index in [4.69, 9.17) is 12.9 Å². The summed E-state index contributed by atoms with van der Waals surface area (Å²) in [4.78, 5) is 0. The number of nitrogens with zero attached hydrogens (tertiary/aromatic N) is 2. The van der Waals surface area contributed by atoms with Crippen molar-refractivity contribution in [1.82, 2.24) is 9.13 Å². The van der Waals surface area contributed by atoms with E-state index in [-0.39, 0.29) is 0 Å². The molecule has 4 heterocycles. The Hall–Kier alpha value is -6.65. The molecule has 12 aromatic rings. The molecule has 0 bridgehead atoms. The van der Waals surface area contributed by atoms with Crippen LogP contribution in [0.4, 0.5) is 0 Å². The SMILES string of the molecule is C[Si](C)(O[Si](C)(C)c1ccc2oc3ccc(-n4c5ccccc5c5ccccc54)cc3c2c1)c1ccc2oc3ccc(-n4c5ccccc5c5ccccc54)cc3c2c1. The Morgan fingerprint density at radius 1 is 0.339 bits per heavy atom. The van der Waals surface area contributed by atoms with Gasteiger partial charge in [0, 0.05) is 54.5 Å². The monoisotopic (exact) mass is 796 g/mol. The van der Waals surface area contributed by atoms with Crippen LogP contribution in [0.5, 0.6) is 0 Å². The smallest absolute Gasteiger partial charge is 0.206 e. The van der Waals surface area contributed by atoms with E-state index < -0.39 is 16.6 Å². The van der Waals surface area contributed by atoms with E-state index in [1.54, 1.807) is 0 Å². The van der Waals surface area contributed by atoms with Gasteiger partial charge in [-0.2, -0.15) is 0 Å². The van der Waals surface area contributed by atoms with Crippen molar-refractivity contribution in [3.05, 3.63) is 170 Å². The van der Waals surface area contributed by atoms with Crippen molar-refractivity contribution in [2.45, 2.75) is 26.2 Å². The van der Waals surface area contributed by atoms with E-state index in [9.17, 15) is 0 Å². The van der Waals surface area contributed by atoms with Crippen molar-refractivity contribution in [1.29, 1.82) is 0 Å². The normalized spacial score (nSPS) is 12.8. The molecule has 284 valence electrons. The molecule has 0 fully saturated rings. The van der Waals surface area contributed by atoms with Crippen LogP contribution in [0.25, 0.3) is 98.9 Å². The summed E-state index contributed by atoms with van der Waals surface area (Å²) in [5.74, 6) is 0. The van der Waals surface area contributed by atoms with E-state index in [0.29, 0.717) is 0 Å². The second kappa shape index (κ2) is 12.4. The highest BCUT2D eigenvalue weighted by molar-refractivity contribution is 6.97. The van der Waals surface area contributed by atoms with Crippen LogP contribution in [-0.4, -0.2) is 25.8 Å². The highest BCUT2D eigenvalue weighted by Gasteiger charge is 2.37. The first-order valence-corrected chi connectivity index (χ1v) is 26.1. The number of rotatable bonds is 6. The van der Waals surface area contributed by atoms with E-state index >= 15 is 0 Å². The van der Waals surface area contributed by atoms with E-state index in [2.05, 4.69) is 205 Å². The van der Waals surface area contributed by atoms with Gasteiger partial charge in [0.1, 0.15) is 22.3 Å².